The van der Waals surface area contributed by atoms with Crippen LogP contribution in [0, 0.1) is 0 Å². The van der Waals surface area contributed by atoms with Crippen LogP contribution in [-0.2, 0) is 19.1 Å². The third kappa shape index (κ3) is 8.15. The Labute approximate surface area is 112 Å². The number of nitrogens with one attached hydrogen (secondary N) is 1. The van der Waals surface area contributed by atoms with Crippen LogP contribution in [0.3, 0.4) is 0 Å². The van der Waals surface area contributed by atoms with Crippen molar-refractivity contribution in [2.24, 2.45) is 5.73 Å². The van der Waals surface area contributed by atoms with E-state index in [0.717, 1.165) is 19.3 Å². The molecule has 0 spiro atoms. The van der Waals surface area contributed by atoms with Crippen molar-refractivity contribution < 1.29 is 24.2 Å². The van der Waals surface area contributed by atoms with Crippen LogP contribution >= 0.6 is 0 Å². The first-order valence-electron chi connectivity index (χ1n) is 6.32. The molecule has 0 bridgehead atoms. The van der Waals surface area contributed by atoms with Gasteiger partial charge in [0.2, 0.25) is 5.91 Å². The topological polar surface area (TPSA) is 119 Å². The van der Waals surface area contributed by atoms with Crippen LogP contribution in [0.2, 0.25) is 0 Å². The van der Waals surface area contributed by atoms with Gasteiger partial charge in [0.15, 0.2) is 0 Å². The predicted octanol–water partition coefficient (Wildman–Crippen LogP) is 0.0265. The first kappa shape index (κ1) is 17.4. The number of rotatable bonds is 9. The highest BCUT2D eigenvalue weighted by molar-refractivity contribution is 5.89. The molecule has 2 atom stereocenters. The number of carbonyl (C=O) groups is 3. The summed E-state index contributed by atoms with van der Waals surface area (Å²) in [5.41, 5.74) is 5.36. The maximum absolute atomic E-state index is 11.5. The lowest BCUT2D eigenvalue weighted by molar-refractivity contribution is -0.147. The van der Waals surface area contributed by atoms with Crippen LogP contribution in [0.15, 0.2) is 0 Å². The molecule has 4 N–H and O–H groups in total. The quantitative estimate of drug-likeness (QED) is 0.403. The Kier molecular flexibility index (Phi) is 8.52. The van der Waals surface area contributed by atoms with Crippen molar-refractivity contribution in [2.75, 3.05) is 6.61 Å². The van der Waals surface area contributed by atoms with Gasteiger partial charge in [0.25, 0.3) is 0 Å². The molecule has 0 saturated heterocycles. The molecule has 0 heterocycles. The van der Waals surface area contributed by atoms with Gasteiger partial charge in [-0.25, -0.2) is 4.79 Å². The highest BCUT2D eigenvalue weighted by Gasteiger charge is 2.22. The molecule has 0 aromatic rings. The van der Waals surface area contributed by atoms with E-state index >= 15 is 0 Å². The second kappa shape index (κ2) is 9.32. The molecular weight excluding hydrogens is 252 g/mol. The number of amides is 1. The number of aliphatic carboxylic acids is 1. The van der Waals surface area contributed by atoms with Crippen molar-refractivity contribution in [3.8, 4) is 0 Å². The van der Waals surface area contributed by atoms with Gasteiger partial charge in [-0.15, -0.1) is 0 Å². The van der Waals surface area contributed by atoms with Crippen LogP contribution in [0.1, 0.15) is 39.5 Å². The first-order chi connectivity index (χ1) is 8.88. The summed E-state index contributed by atoms with van der Waals surface area (Å²) in [5.74, 6) is -2.40. The molecule has 0 aliphatic rings. The lowest BCUT2D eigenvalue weighted by Crippen LogP contribution is -2.48. The first-order valence-corrected chi connectivity index (χ1v) is 6.32. The maximum Gasteiger partial charge on any atom is 0.328 e. The van der Waals surface area contributed by atoms with Crippen molar-refractivity contribution in [2.45, 2.75) is 51.6 Å². The molecular formula is C12H22N2O5. The zero-order valence-electron chi connectivity index (χ0n) is 11.3. The Morgan fingerprint density at radius 2 is 1.95 bits per heavy atom. The van der Waals surface area contributed by atoms with Gasteiger partial charge >= 0.3 is 11.9 Å². The monoisotopic (exact) mass is 274 g/mol. The standard InChI is InChI=1S/C12H22N2O5/c1-3-4-5-6-19-12(18)8(2)14-11(17)9(13)7-10(15)16/h8-9H,3-7,13H2,1-2H3,(H,14,17)(H,15,16)/t8-,9+/m1/s1. The van der Waals surface area contributed by atoms with Gasteiger partial charge in [-0.2, -0.15) is 0 Å². The van der Waals surface area contributed by atoms with Crippen molar-refractivity contribution >= 4 is 17.8 Å². The Morgan fingerprint density at radius 1 is 1.32 bits per heavy atom. The van der Waals surface area contributed by atoms with E-state index in [0.29, 0.717) is 6.61 Å². The fraction of sp³-hybridized carbons (Fsp3) is 0.750. The molecule has 0 rings (SSSR count). The van der Waals surface area contributed by atoms with E-state index in [4.69, 9.17) is 15.6 Å². The number of carbonyl (C=O) groups excluding carboxylic acids is 2. The molecule has 0 radical (unpaired) electrons. The molecule has 0 aromatic carbocycles. The Bertz CT molecular complexity index is 319. The van der Waals surface area contributed by atoms with Gasteiger partial charge in [-0.1, -0.05) is 19.8 Å². The average Bonchev–Trinajstić information content (AvgIpc) is 2.33. The average molecular weight is 274 g/mol. The van der Waals surface area contributed by atoms with Crippen molar-refractivity contribution in [1.29, 1.82) is 0 Å². The molecule has 0 saturated carbocycles. The molecule has 7 heteroatoms. The van der Waals surface area contributed by atoms with E-state index in [1.54, 1.807) is 0 Å². The summed E-state index contributed by atoms with van der Waals surface area (Å²) in [6.07, 6.45) is 2.29. The molecule has 0 unspecified atom stereocenters. The van der Waals surface area contributed by atoms with Crippen molar-refractivity contribution in [3.63, 3.8) is 0 Å². The van der Waals surface area contributed by atoms with Gasteiger partial charge in [0.05, 0.1) is 19.1 Å². The van der Waals surface area contributed by atoms with Crippen LogP contribution < -0.4 is 11.1 Å². The number of carboxylic acids is 1. The molecule has 0 aliphatic heterocycles. The van der Waals surface area contributed by atoms with E-state index in [1.165, 1.54) is 6.92 Å². The van der Waals surface area contributed by atoms with Gasteiger partial charge in [-0.05, 0) is 13.3 Å². The largest absolute Gasteiger partial charge is 0.481 e. The Balaban J connectivity index is 4.00. The highest BCUT2D eigenvalue weighted by atomic mass is 16.5. The summed E-state index contributed by atoms with van der Waals surface area (Å²) in [6.45, 7) is 3.82. The SMILES string of the molecule is CCCCCOC(=O)[C@@H](C)NC(=O)[C@@H](N)CC(=O)O. The molecule has 0 fully saturated rings. The van der Waals surface area contributed by atoms with Crippen molar-refractivity contribution in [3.05, 3.63) is 0 Å². The number of ether oxygens (including phenoxy) is 1. The molecule has 1 amide bonds. The number of unbranched alkanes of at least 4 members (excludes halogenated alkanes) is 2. The van der Waals surface area contributed by atoms with E-state index in [1.807, 2.05) is 6.92 Å². The lowest BCUT2D eigenvalue weighted by atomic mass is 10.2. The summed E-state index contributed by atoms with van der Waals surface area (Å²) >= 11 is 0. The van der Waals surface area contributed by atoms with E-state index < -0.39 is 36.4 Å². The zero-order chi connectivity index (χ0) is 14.8. The smallest absolute Gasteiger partial charge is 0.328 e. The number of carboxylic acid groups (broad SMARTS) is 1. The second-order valence-electron chi connectivity index (χ2n) is 4.31. The van der Waals surface area contributed by atoms with E-state index in [2.05, 4.69) is 5.32 Å². The van der Waals surface area contributed by atoms with Crippen LogP contribution in [0.5, 0.6) is 0 Å². The summed E-state index contributed by atoms with van der Waals surface area (Å²) in [7, 11) is 0. The van der Waals surface area contributed by atoms with Gasteiger partial charge in [0.1, 0.15) is 6.04 Å². The summed E-state index contributed by atoms with van der Waals surface area (Å²) in [4.78, 5) is 33.3. The highest BCUT2D eigenvalue weighted by Crippen LogP contribution is 1.97. The van der Waals surface area contributed by atoms with Gasteiger partial charge < -0.3 is 20.9 Å². The van der Waals surface area contributed by atoms with Crippen LogP contribution in [0.4, 0.5) is 0 Å². The lowest BCUT2D eigenvalue weighted by Gasteiger charge is -2.15. The molecule has 0 aliphatic carbocycles. The molecule has 7 nitrogen and oxygen atoms in total. The maximum atomic E-state index is 11.5. The van der Waals surface area contributed by atoms with E-state index in [9.17, 15) is 14.4 Å². The Morgan fingerprint density at radius 3 is 2.47 bits per heavy atom. The summed E-state index contributed by atoms with van der Waals surface area (Å²) in [5, 5.41) is 10.8. The molecule has 19 heavy (non-hydrogen) atoms. The van der Waals surface area contributed by atoms with Crippen LogP contribution in [0.25, 0.3) is 0 Å². The minimum Gasteiger partial charge on any atom is -0.481 e. The van der Waals surface area contributed by atoms with Crippen molar-refractivity contribution in [1.82, 2.24) is 5.32 Å². The number of hydrogen-bond donors (Lipinski definition) is 3. The van der Waals surface area contributed by atoms with Gasteiger partial charge in [-0.3, -0.25) is 9.59 Å². The predicted molar refractivity (Wildman–Crippen MR) is 68.3 cm³/mol. The second-order valence-corrected chi connectivity index (χ2v) is 4.31. The minimum absolute atomic E-state index is 0.314. The molecule has 0 aromatic heterocycles. The van der Waals surface area contributed by atoms with Gasteiger partial charge in [0, 0.05) is 0 Å². The Hall–Kier alpha value is -1.63. The fourth-order valence-electron chi connectivity index (χ4n) is 1.31. The number of hydrogen-bond acceptors (Lipinski definition) is 5. The zero-order valence-corrected chi connectivity index (χ0v) is 11.3. The normalized spacial score (nSPS) is 13.4. The summed E-state index contributed by atoms with van der Waals surface area (Å²) < 4.78 is 4.96. The minimum atomic E-state index is -1.17. The third-order valence-electron chi connectivity index (χ3n) is 2.44. The number of nitrogens with two attached hydrogens (primary N) is 1. The fourth-order valence-corrected chi connectivity index (χ4v) is 1.31. The van der Waals surface area contributed by atoms with Crippen LogP contribution in [-0.4, -0.2) is 41.6 Å². The molecule has 110 valence electrons. The third-order valence-corrected chi connectivity index (χ3v) is 2.44. The van der Waals surface area contributed by atoms with E-state index in [-0.39, 0.29) is 0 Å². The summed E-state index contributed by atoms with van der Waals surface area (Å²) in [6, 6.07) is -2.01. The number of esters is 1.